The van der Waals surface area contributed by atoms with Gasteiger partial charge in [-0.2, -0.15) is 0 Å². The highest BCUT2D eigenvalue weighted by molar-refractivity contribution is 7.89. The number of esters is 1. The predicted octanol–water partition coefficient (Wildman–Crippen LogP) is 0.160. The summed E-state index contributed by atoms with van der Waals surface area (Å²) in [6, 6.07) is 0.920. The zero-order valence-corrected chi connectivity index (χ0v) is 11.1. The summed E-state index contributed by atoms with van der Waals surface area (Å²) in [4.78, 5) is 11.5. The molecule has 1 rings (SSSR count). The van der Waals surface area contributed by atoms with Crippen molar-refractivity contribution in [3.8, 4) is 0 Å². The molecule has 6 nitrogen and oxygen atoms in total. The first-order valence-corrected chi connectivity index (χ1v) is 7.16. The number of ether oxygens (including phenoxy) is 1. The van der Waals surface area contributed by atoms with Crippen molar-refractivity contribution in [2.45, 2.75) is 17.9 Å². The summed E-state index contributed by atoms with van der Waals surface area (Å²) in [7, 11) is -2.38. The highest BCUT2D eigenvalue weighted by atomic mass is 32.2. The van der Waals surface area contributed by atoms with Crippen molar-refractivity contribution in [1.82, 2.24) is 4.72 Å². The van der Waals surface area contributed by atoms with Gasteiger partial charge >= 0.3 is 5.97 Å². The van der Waals surface area contributed by atoms with E-state index < -0.39 is 16.0 Å². The summed E-state index contributed by atoms with van der Waals surface area (Å²) >= 11 is 1.02. The van der Waals surface area contributed by atoms with E-state index >= 15 is 0 Å². The van der Waals surface area contributed by atoms with Crippen molar-refractivity contribution in [3.05, 3.63) is 16.3 Å². The Morgan fingerprint density at radius 3 is 2.82 bits per heavy atom. The fourth-order valence-electron chi connectivity index (χ4n) is 1.05. The van der Waals surface area contributed by atoms with Gasteiger partial charge in [0.15, 0.2) is 0 Å². The first-order valence-electron chi connectivity index (χ1n) is 4.80. The molecule has 0 aliphatic rings. The molecule has 96 valence electrons. The molecule has 3 N–H and O–H groups in total. The zero-order valence-electron chi connectivity index (χ0n) is 9.47. The van der Waals surface area contributed by atoms with Crippen molar-refractivity contribution in [2.75, 3.05) is 13.7 Å². The Morgan fingerprint density at radius 1 is 1.65 bits per heavy atom. The lowest BCUT2D eigenvalue weighted by Gasteiger charge is -2.10. The number of sulfonamides is 1. The second kappa shape index (κ2) is 5.58. The van der Waals surface area contributed by atoms with E-state index in [1.165, 1.54) is 18.6 Å². The van der Waals surface area contributed by atoms with Crippen molar-refractivity contribution in [3.63, 3.8) is 0 Å². The van der Waals surface area contributed by atoms with Gasteiger partial charge in [-0.25, -0.2) is 17.9 Å². The molecule has 1 aromatic heterocycles. The number of hydrogen-bond acceptors (Lipinski definition) is 6. The smallest absolute Gasteiger partial charge is 0.348 e. The molecule has 0 fully saturated rings. The molecule has 0 aliphatic heterocycles. The van der Waals surface area contributed by atoms with Crippen LogP contribution in [-0.4, -0.2) is 34.1 Å². The lowest BCUT2D eigenvalue weighted by atomic mass is 10.4. The average Bonchev–Trinajstić information content (AvgIpc) is 2.77. The van der Waals surface area contributed by atoms with E-state index in [9.17, 15) is 13.2 Å². The molecular formula is C9H14N2O4S2. The SMILES string of the molecule is COC(=O)c1cc(S(=O)(=O)N[C@@H](C)CN)cs1. The highest BCUT2D eigenvalue weighted by Crippen LogP contribution is 2.20. The third-order valence-corrected chi connectivity index (χ3v) is 4.61. The maximum absolute atomic E-state index is 11.8. The molecule has 1 aromatic rings. The lowest BCUT2D eigenvalue weighted by Crippen LogP contribution is -2.37. The number of carbonyl (C=O) groups is 1. The Labute approximate surface area is 104 Å². The fourth-order valence-corrected chi connectivity index (χ4v) is 3.49. The van der Waals surface area contributed by atoms with E-state index in [-0.39, 0.29) is 22.4 Å². The third kappa shape index (κ3) is 3.50. The molecule has 0 saturated heterocycles. The summed E-state index contributed by atoms with van der Waals surface area (Å²) in [5, 5.41) is 1.39. The summed E-state index contributed by atoms with van der Waals surface area (Å²) in [5.41, 5.74) is 5.33. The van der Waals surface area contributed by atoms with Crippen LogP contribution in [0.1, 0.15) is 16.6 Å². The molecule has 1 atom stereocenters. The number of thiophene rings is 1. The summed E-state index contributed by atoms with van der Waals surface area (Å²) in [5.74, 6) is -0.552. The molecule has 0 saturated carbocycles. The van der Waals surface area contributed by atoms with Crippen LogP contribution in [0.2, 0.25) is 0 Å². The largest absolute Gasteiger partial charge is 0.465 e. The molecule has 0 aromatic carbocycles. The van der Waals surface area contributed by atoms with Crippen molar-refractivity contribution in [1.29, 1.82) is 0 Å². The average molecular weight is 278 g/mol. The van der Waals surface area contributed by atoms with Gasteiger partial charge in [0.2, 0.25) is 10.0 Å². The van der Waals surface area contributed by atoms with Gasteiger partial charge in [-0.1, -0.05) is 0 Å². The number of carbonyl (C=O) groups excluding carboxylic acids is 1. The lowest BCUT2D eigenvalue weighted by molar-refractivity contribution is 0.0606. The zero-order chi connectivity index (χ0) is 13.1. The van der Waals surface area contributed by atoms with Crippen LogP contribution in [-0.2, 0) is 14.8 Å². The van der Waals surface area contributed by atoms with Crippen LogP contribution in [0, 0.1) is 0 Å². The van der Waals surface area contributed by atoms with Gasteiger partial charge in [-0.15, -0.1) is 11.3 Å². The molecule has 0 spiro atoms. The molecule has 8 heteroatoms. The monoisotopic (exact) mass is 278 g/mol. The fraction of sp³-hybridized carbons (Fsp3) is 0.444. The number of methoxy groups -OCH3 is 1. The van der Waals surface area contributed by atoms with Crippen molar-refractivity contribution < 1.29 is 17.9 Å². The topological polar surface area (TPSA) is 98.5 Å². The van der Waals surface area contributed by atoms with Crippen LogP contribution >= 0.6 is 11.3 Å². The molecule has 0 radical (unpaired) electrons. The van der Waals surface area contributed by atoms with Gasteiger partial charge in [0.05, 0.1) is 12.0 Å². The Bertz CT molecular complexity index is 495. The molecule has 1 heterocycles. The van der Waals surface area contributed by atoms with Crippen LogP contribution in [0.25, 0.3) is 0 Å². The number of nitrogens with one attached hydrogen (secondary N) is 1. The number of nitrogens with two attached hydrogens (primary N) is 1. The minimum atomic E-state index is -3.62. The molecule has 17 heavy (non-hydrogen) atoms. The van der Waals surface area contributed by atoms with Gasteiger partial charge in [-0.05, 0) is 13.0 Å². The van der Waals surface area contributed by atoms with Gasteiger partial charge in [-0.3, -0.25) is 0 Å². The van der Waals surface area contributed by atoms with E-state index in [0.29, 0.717) is 0 Å². The number of rotatable bonds is 5. The first kappa shape index (κ1) is 14.1. The van der Waals surface area contributed by atoms with E-state index in [4.69, 9.17) is 5.73 Å². The quantitative estimate of drug-likeness (QED) is 0.748. The second-order valence-electron chi connectivity index (χ2n) is 3.40. The summed E-state index contributed by atoms with van der Waals surface area (Å²) in [6.07, 6.45) is 0. The van der Waals surface area contributed by atoms with Crippen LogP contribution in [0.4, 0.5) is 0 Å². The minimum Gasteiger partial charge on any atom is -0.465 e. The van der Waals surface area contributed by atoms with Crippen LogP contribution in [0.5, 0.6) is 0 Å². The molecular weight excluding hydrogens is 264 g/mol. The predicted molar refractivity (Wildman–Crippen MR) is 64.5 cm³/mol. The molecule has 0 bridgehead atoms. The van der Waals surface area contributed by atoms with Gasteiger partial charge in [0.25, 0.3) is 0 Å². The normalized spacial score (nSPS) is 13.4. The third-order valence-electron chi connectivity index (χ3n) is 1.98. The van der Waals surface area contributed by atoms with E-state index in [0.717, 1.165) is 11.3 Å². The second-order valence-corrected chi connectivity index (χ2v) is 6.02. The summed E-state index contributed by atoms with van der Waals surface area (Å²) < 4.78 is 30.5. The Balaban J connectivity index is 2.93. The highest BCUT2D eigenvalue weighted by Gasteiger charge is 2.20. The first-order chi connectivity index (χ1) is 7.90. The Kier molecular flexibility index (Phi) is 4.63. The van der Waals surface area contributed by atoms with Gasteiger partial charge < -0.3 is 10.5 Å². The van der Waals surface area contributed by atoms with E-state index in [1.54, 1.807) is 6.92 Å². The summed E-state index contributed by atoms with van der Waals surface area (Å²) in [6.45, 7) is 1.86. The molecule has 0 aliphatic carbocycles. The minimum absolute atomic E-state index is 0.0446. The molecule has 0 amide bonds. The maximum Gasteiger partial charge on any atom is 0.348 e. The Hall–Kier alpha value is -0.960. The molecule has 0 unspecified atom stereocenters. The van der Waals surface area contributed by atoms with Gasteiger partial charge in [0.1, 0.15) is 4.88 Å². The van der Waals surface area contributed by atoms with Crippen molar-refractivity contribution >= 4 is 27.3 Å². The van der Waals surface area contributed by atoms with E-state index in [2.05, 4.69) is 9.46 Å². The van der Waals surface area contributed by atoms with Gasteiger partial charge in [0, 0.05) is 18.0 Å². The number of hydrogen-bond donors (Lipinski definition) is 2. The van der Waals surface area contributed by atoms with Crippen LogP contribution in [0.15, 0.2) is 16.3 Å². The van der Waals surface area contributed by atoms with Crippen LogP contribution < -0.4 is 10.5 Å². The van der Waals surface area contributed by atoms with Crippen molar-refractivity contribution in [2.24, 2.45) is 5.73 Å². The standard InChI is InChI=1S/C9H14N2O4S2/c1-6(4-10)11-17(13,14)7-3-8(16-5-7)9(12)15-2/h3,5-6,11H,4,10H2,1-2H3/t6-/m0/s1. The van der Waals surface area contributed by atoms with E-state index in [1.807, 2.05) is 0 Å². The Morgan fingerprint density at radius 2 is 2.29 bits per heavy atom. The van der Waals surface area contributed by atoms with Crippen LogP contribution in [0.3, 0.4) is 0 Å². The maximum atomic E-state index is 11.8.